The van der Waals surface area contributed by atoms with Gasteiger partial charge in [-0.15, -0.1) is 10.2 Å². The standard InChI is InChI=1S/C23H31N7O3/c1-14(2)10-17-12-30(28-25-17)13-20-22(26-27-29(20)4)19-8-9-21(15(3)24-19)33-18-7-5-6-16(11-18)23(31)32/h8-9,12,14,16,18H,5-7,10-11,13H2,1-4H3,(H,31,32). The van der Waals surface area contributed by atoms with Crippen LogP contribution in [0.5, 0.6) is 5.75 Å². The van der Waals surface area contributed by atoms with E-state index in [0.29, 0.717) is 42.4 Å². The first-order valence-electron chi connectivity index (χ1n) is 11.4. The molecule has 0 spiro atoms. The van der Waals surface area contributed by atoms with Gasteiger partial charge in [-0.3, -0.25) is 4.79 Å². The van der Waals surface area contributed by atoms with E-state index in [9.17, 15) is 9.90 Å². The average Bonchev–Trinajstić information content (AvgIpc) is 3.36. The molecule has 0 aliphatic heterocycles. The lowest BCUT2D eigenvalue weighted by Crippen LogP contribution is -2.29. The van der Waals surface area contributed by atoms with Crippen LogP contribution in [0.2, 0.25) is 0 Å². The van der Waals surface area contributed by atoms with Crippen LogP contribution >= 0.6 is 0 Å². The van der Waals surface area contributed by atoms with Gasteiger partial charge in [0.15, 0.2) is 0 Å². The second-order valence-electron chi connectivity index (χ2n) is 9.24. The molecule has 1 saturated carbocycles. The van der Waals surface area contributed by atoms with Crippen LogP contribution in [0.3, 0.4) is 0 Å². The van der Waals surface area contributed by atoms with Gasteiger partial charge in [0.05, 0.1) is 41.3 Å². The largest absolute Gasteiger partial charge is 0.489 e. The van der Waals surface area contributed by atoms with Crippen LogP contribution in [0.1, 0.15) is 56.6 Å². The number of aryl methyl sites for hydroxylation is 2. The molecule has 0 amide bonds. The van der Waals surface area contributed by atoms with E-state index in [-0.39, 0.29) is 12.0 Å². The number of aromatic nitrogens is 7. The maximum atomic E-state index is 11.3. The molecule has 2 unspecified atom stereocenters. The third-order valence-corrected chi connectivity index (χ3v) is 6.01. The molecule has 33 heavy (non-hydrogen) atoms. The molecular weight excluding hydrogens is 422 g/mol. The van der Waals surface area contributed by atoms with Crippen LogP contribution in [0, 0.1) is 18.8 Å². The Labute approximate surface area is 193 Å². The molecule has 0 aromatic carbocycles. The van der Waals surface area contributed by atoms with Gasteiger partial charge in [-0.25, -0.2) is 14.3 Å². The van der Waals surface area contributed by atoms with Gasteiger partial charge in [0.2, 0.25) is 0 Å². The van der Waals surface area contributed by atoms with Gasteiger partial charge in [0.1, 0.15) is 11.4 Å². The lowest BCUT2D eigenvalue weighted by Gasteiger charge is -2.27. The smallest absolute Gasteiger partial charge is 0.306 e. The van der Waals surface area contributed by atoms with E-state index >= 15 is 0 Å². The first kappa shape index (κ1) is 22.9. The second kappa shape index (κ2) is 9.68. The van der Waals surface area contributed by atoms with Gasteiger partial charge in [-0.2, -0.15) is 0 Å². The van der Waals surface area contributed by atoms with Gasteiger partial charge in [0, 0.05) is 13.2 Å². The van der Waals surface area contributed by atoms with E-state index in [1.807, 2.05) is 32.3 Å². The van der Waals surface area contributed by atoms with E-state index in [1.54, 1.807) is 9.36 Å². The Morgan fingerprint density at radius 1 is 1.24 bits per heavy atom. The molecule has 0 saturated heterocycles. The first-order chi connectivity index (χ1) is 15.8. The topological polar surface area (TPSA) is 121 Å². The number of aliphatic carboxylic acids is 1. The number of pyridine rings is 1. The molecule has 1 N–H and O–H groups in total. The highest BCUT2D eigenvalue weighted by Gasteiger charge is 2.28. The molecule has 1 fully saturated rings. The van der Waals surface area contributed by atoms with E-state index in [2.05, 4.69) is 34.5 Å². The Balaban J connectivity index is 1.50. The quantitative estimate of drug-likeness (QED) is 0.552. The summed E-state index contributed by atoms with van der Waals surface area (Å²) >= 11 is 0. The summed E-state index contributed by atoms with van der Waals surface area (Å²) in [4.78, 5) is 16.1. The molecular formula is C23H31N7O3. The molecule has 0 bridgehead atoms. The Morgan fingerprint density at radius 3 is 2.79 bits per heavy atom. The Hall–Kier alpha value is -3.30. The molecule has 10 heteroatoms. The minimum atomic E-state index is -0.743. The van der Waals surface area contributed by atoms with Crippen molar-refractivity contribution in [1.82, 2.24) is 35.0 Å². The van der Waals surface area contributed by atoms with Crippen molar-refractivity contribution in [2.45, 2.75) is 65.5 Å². The van der Waals surface area contributed by atoms with Crippen molar-refractivity contribution in [2.75, 3.05) is 0 Å². The highest BCUT2D eigenvalue weighted by atomic mass is 16.5. The molecule has 3 heterocycles. The van der Waals surface area contributed by atoms with E-state index in [1.165, 1.54) is 0 Å². The zero-order chi connectivity index (χ0) is 23.5. The number of hydrogen-bond donors (Lipinski definition) is 1. The fraction of sp³-hybridized carbons (Fsp3) is 0.565. The molecule has 10 nitrogen and oxygen atoms in total. The lowest BCUT2D eigenvalue weighted by atomic mass is 9.87. The maximum Gasteiger partial charge on any atom is 0.306 e. The Bertz CT molecular complexity index is 1120. The van der Waals surface area contributed by atoms with Crippen LogP contribution in [0.4, 0.5) is 0 Å². The van der Waals surface area contributed by atoms with Crippen molar-refractivity contribution >= 4 is 5.97 Å². The van der Waals surface area contributed by atoms with Crippen LogP contribution in [-0.2, 0) is 24.8 Å². The van der Waals surface area contributed by atoms with Crippen molar-refractivity contribution < 1.29 is 14.6 Å². The van der Waals surface area contributed by atoms with Crippen molar-refractivity contribution in [3.05, 3.63) is 35.4 Å². The number of nitrogens with zero attached hydrogens (tertiary/aromatic N) is 7. The van der Waals surface area contributed by atoms with Crippen molar-refractivity contribution in [3.8, 4) is 17.1 Å². The number of carbonyl (C=O) groups is 1. The number of carboxylic acid groups (broad SMARTS) is 1. The van der Waals surface area contributed by atoms with Crippen LogP contribution in [-0.4, -0.2) is 52.2 Å². The number of ether oxygens (including phenoxy) is 1. The van der Waals surface area contributed by atoms with Crippen LogP contribution < -0.4 is 4.74 Å². The number of rotatable bonds is 8. The third kappa shape index (κ3) is 5.37. The zero-order valence-corrected chi connectivity index (χ0v) is 19.6. The zero-order valence-electron chi connectivity index (χ0n) is 19.6. The van der Waals surface area contributed by atoms with Crippen molar-refractivity contribution in [1.29, 1.82) is 0 Å². The molecule has 1 aliphatic carbocycles. The van der Waals surface area contributed by atoms with Gasteiger partial charge in [-0.1, -0.05) is 24.3 Å². The summed E-state index contributed by atoms with van der Waals surface area (Å²) in [5.41, 5.74) is 3.98. The van der Waals surface area contributed by atoms with Crippen molar-refractivity contribution in [2.24, 2.45) is 18.9 Å². The Morgan fingerprint density at radius 2 is 2.06 bits per heavy atom. The van der Waals surface area contributed by atoms with Gasteiger partial charge in [-0.05, 0) is 57.1 Å². The van der Waals surface area contributed by atoms with E-state index < -0.39 is 5.97 Å². The molecule has 176 valence electrons. The summed E-state index contributed by atoms with van der Waals surface area (Å²) in [5.74, 6) is 0.110. The summed E-state index contributed by atoms with van der Waals surface area (Å²) in [6, 6.07) is 3.76. The second-order valence-corrected chi connectivity index (χ2v) is 9.24. The van der Waals surface area contributed by atoms with Crippen LogP contribution in [0.25, 0.3) is 11.4 Å². The van der Waals surface area contributed by atoms with Gasteiger partial charge in [0.25, 0.3) is 0 Å². The fourth-order valence-electron chi connectivity index (χ4n) is 4.29. The minimum Gasteiger partial charge on any atom is -0.489 e. The summed E-state index contributed by atoms with van der Waals surface area (Å²) in [7, 11) is 1.85. The van der Waals surface area contributed by atoms with Crippen LogP contribution in [0.15, 0.2) is 18.3 Å². The molecule has 0 radical (unpaired) electrons. The van der Waals surface area contributed by atoms with E-state index in [4.69, 9.17) is 9.72 Å². The normalized spacial score (nSPS) is 18.6. The van der Waals surface area contributed by atoms with E-state index in [0.717, 1.165) is 36.3 Å². The Kier molecular flexibility index (Phi) is 6.71. The SMILES string of the molecule is Cc1nc(-c2nnn(C)c2Cn2cc(CC(C)C)nn2)ccc1OC1CCCC(C(=O)O)C1. The summed E-state index contributed by atoms with van der Waals surface area (Å²) in [6.07, 6.45) is 5.69. The highest BCUT2D eigenvalue weighted by molar-refractivity contribution is 5.70. The first-order valence-corrected chi connectivity index (χ1v) is 11.4. The lowest BCUT2D eigenvalue weighted by molar-refractivity contribution is -0.143. The van der Waals surface area contributed by atoms with Gasteiger partial charge >= 0.3 is 5.97 Å². The predicted octanol–water partition coefficient (Wildman–Crippen LogP) is 3.05. The summed E-state index contributed by atoms with van der Waals surface area (Å²) in [5, 5.41) is 26.4. The highest BCUT2D eigenvalue weighted by Crippen LogP contribution is 2.30. The fourth-order valence-corrected chi connectivity index (χ4v) is 4.29. The molecule has 3 aromatic rings. The number of hydrogen-bond acceptors (Lipinski definition) is 7. The van der Waals surface area contributed by atoms with Crippen molar-refractivity contribution in [3.63, 3.8) is 0 Å². The third-order valence-electron chi connectivity index (χ3n) is 6.01. The molecule has 1 aliphatic rings. The summed E-state index contributed by atoms with van der Waals surface area (Å²) in [6.45, 7) is 6.69. The molecule has 4 rings (SSSR count). The number of carboxylic acids is 1. The minimum absolute atomic E-state index is 0.106. The maximum absolute atomic E-state index is 11.3. The molecule has 2 atom stereocenters. The predicted molar refractivity (Wildman–Crippen MR) is 121 cm³/mol. The van der Waals surface area contributed by atoms with Gasteiger partial charge < -0.3 is 9.84 Å². The molecule has 3 aromatic heterocycles. The summed E-state index contributed by atoms with van der Waals surface area (Å²) < 4.78 is 9.66. The average molecular weight is 454 g/mol. The monoisotopic (exact) mass is 453 g/mol.